The van der Waals surface area contributed by atoms with Gasteiger partial charge in [0.15, 0.2) is 0 Å². The van der Waals surface area contributed by atoms with E-state index < -0.39 is 26.7 Å². The quantitative estimate of drug-likeness (QED) is 0.182. The molecule has 0 fully saturated rings. The standard InChI is InChI=1S/C30H42O7Si/c1-5-6-7-8-9-10-11-13-26-15-17-27(18-16-26)30-20-19-29(34)22-28(30)14-12-21-38(35-23(2)31,36-24(3)32)37-25(4)33/h15-20,22,34H,5-14,21H2,1-4H3. The van der Waals surface area contributed by atoms with Crippen molar-refractivity contribution in [2.75, 3.05) is 0 Å². The molecule has 8 heteroatoms. The van der Waals surface area contributed by atoms with Gasteiger partial charge in [-0.15, -0.1) is 0 Å². The summed E-state index contributed by atoms with van der Waals surface area (Å²) >= 11 is 0. The molecule has 0 bridgehead atoms. The van der Waals surface area contributed by atoms with Crippen LogP contribution in [0.2, 0.25) is 6.04 Å². The number of rotatable bonds is 16. The first-order chi connectivity index (χ1) is 18.1. The fraction of sp³-hybridized carbons (Fsp3) is 0.500. The number of carbonyl (C=O) groups is 3. The minimum absolute atomic E-state index is 0.0816. The van der Waals surface area contributed by atoms with E-state index in [0.29, 0.717) is 12.8 Å². The SMILES string of the molecule is CCCCCCCCCc1ccc(-c2ccc(O)cc2CCC[Si](OC(C)=O)(OC(C)=O)OC(C)=O)cc1. The highest BCUT2D eigenvalue weighted by Gasteiger charge is 2.51. The van der Waals surface area contributed by atoms with Crippen LogP contribution in [0.5, 0.6) is 5.75 Å². The highest BCUT2D eigenvalue weighted by atomic mass is 28.4. The summed E-state index contributed by atoms with van der Waals surface area (Å²) in [4.78, 5) is 35.1. The van der Waals surface area contributed by atoms with E-state index in [0.717, 1.165) is 23.1 Å². The number of benzene rings is 2. The zero-order valence-corrected chi connectivity index (χ0v) is 24.2. The topological polar surface area (TPSA) is 99.1 Å². The maximum atomic E-state index is 11.7. The fourth-order valence-corrected chi connectivity index (χ4v) is 6.93. The third-order valence-corrected chi connectivity index (χ3v) is 9.01. The van der Waals surface area contributed by atoms with Gasteiger partial charge in [-0.1, -0.05) is 75.8 Å². The second-order valence-electron chi connectivity index (χ2n) is 9.73. The lowest BCUT2D eigenvalue weighted by molar-refractivity contribution is -0.147. The molecule has 1 N–H and O–H groups in total. The second-order valence-corrected chi connectivity index (χ2v) is 12.2. The molecule has 7 nitrogen and oxygen atoms in total. The van der Waals surface area contributed by atoms with E-state index in [1.807, 2.05) is 6.07 Å². The molecule has 0 atom stereocenters. The molecule has 2 rings (SSSR count). The number of unbranched alkanes of at least 4 members (excludes halogenated alkanes) is 6. The van der Waals surface area contributed by atoms with Crippen LogP contribution < -0.4 is 0 Å². The highest BCUT2D eigenvalue weighted by Crippen LogP contribution is 2.30. The van der Waals surface area contributed by atoms with Gasteiger partial charge in [-0.25, -0.2) is 0 Å². The summed E-state index contributed by atoms with van der Waals surface area (Å²) in [5.41, 5.74) is 4.21. The largest absolute Gasteiger partial charge is 0.705 e. The molecule has 0 spiro atoms. The predicted molar refractivity (Wildman–Crippen MR) is 149 cm³/mol. The van der Waals surface area contributed by atoms with Crippen molar-refractivity contribution >= 4 is 26.7 Å². The van der Waals surface area contributed by atoms with Gasteiger partial charge in [0, 0.05) is 20.8 Å². The van der Waals surface area contributed by atoms with Crippen molar-refractivity contribution in [3.05, 3.63) is 53.6 Å². The monoisotopic (exact) mass is 542 g/mol. The molecule has 0 aliphatic heterocycles. The Labute approximate surface area is 227 Å². The lowest BCUT2D eigenvalue weighted by Crippen LogP contribution is -2.49. The van der Waals surface area contributed by atoms with Crippen LogP contribution in [-0.2, 0) is 40.5 Å². The highest BCUT2D eigenvalue weighted by molar-refractivity contribution is 6.65. The Morgan fingerprint density at radius 1 is 0.711 bits per heavy atom. The van der Waals surface area contributed by atoms with Crippen LogP contribution >= 0.6 is 0 Å². The summed E-state index contributed by atoms with van der Waals surface area (Å²) in [5, 5.41) is 10.1. The first kappa shape index (κ1) is 31.1. The molecule has 0 radical (unpaired) electrons. The zero-order valence-electron chi connectivity index (χ0n) is 23.2. The number of phenolic OH excluding ortho intramolecular Hbond substituents is 1. The Morgan fingerprint density at radius 3 is 1.82 bits per heavy atom. The van der Waals surface area contributed by atoms with E-state index >= 15 is 0 Å². The number of aryl methyl sites for hydroxylation is 2. The van der Waals surface area contributed by atoms with E-state index in [1.54, 1.807) is 12.1 Å². The summed E-state index contributed by atoms with van der Waals surface area (Å²) in [7, 11) is -3.89. The molecule has 0 unspecified atom stereocenters. The summed E-state index contributed by atoms with van der Waals surface area (Å²) < 4.78 is 15.8. The van der Waals surface area contributed by atoms with Crippen molar-refractivity contribution in [2.24, 2.45) is 0 Å². The number of hydrogen-bond acceptors (Lipinski definition) is 7. The van der Waals surface area contributed by atoms with Crippen LogP contribution in [0.1, 0.15) is 90.2 Å². The number of aromatic hydroxyl groups is 1. The molecule has 0 saturated heterocycles. The molecule has 2 aromatic rings. The van der Waals surface area contributed by atoms with Gasteiger partial charge >= 0.3 is 8.80 Å². The lowest BCUT2D eigenvalue weighted by Gasteiger charge is -2.26. The average Bonchev–Trinajstić information content (AvgIpc) is 2.83. The van der Waals surface area contributed by atoms with Gasteiger partial charge in [-0.05, 0) is 60.1 Å². The molecule has 0 heterocycles. The van der Waals surface area contributed by atoms with Crippen LogP contribution in [0.4, 0.5) is 0 Å². The Balaban J connectivity index is 2.07. The first-order valence-corrected chi connectivity index (χ1v) is 15.6. The molecule has 208 valence electrons. The van der Waals surface area contributed by atoms with E-state index in [9.17, 15) is 19.5 Å². The van der Waals surface area contributed by atoms with E-state index in [-0.39, 0.29) is 11.8 Å². The van der Waals surface area contributed by atoms with Gasteiger partial charge in [-0.3, -0.25) is 14.4 Å². The molecular weight excluding hydrogens is 500 g/mol. The zero-order chi connectivity index (χ0) is 28.0. The molecule has 38 heavy (non-hydrogen) atoms. The normalized spacial score (nSPS) is 11.2. The summed E-state index contributed by atoms with van der Waals surface area (Å²) in [5.74, 6) is -1.92. The molecule has 0 aromatic heterocycles. The van der Waals surface area contributed by atoms with Crippen molar-refractivity contribution in [1.82, 2.24) is 0 Å². The molecule has 0 aliphatic carbocycles. The van der Waals surface area contributed by atoms with Crippen molar-refractivity contribution in [1.29, 1.82) is 0 Å². The van der Waals surface area contributed by atoms with E-state index in [2.05, 4.69) is 31.2 Å². The average molecular weight is 543 g/mol. The minimum atomic E-state index is -3.89. The fourth-order valence-electron chi connectivity index (χ4n) is 4.57. The molecule has 0 amide bonds. The lowest BCUT2D eigenvalue weighted by atomic mass is 9.95. The Kier molecular flexibility index (Phi) is 13.1. The van der Waals surface area contributed by atoms with Crippen molar-refractivity contribution < 1.29 is 32.8 Å². The van der Waals surface area contributed by atoms with Gasteiger partial charge in [-0.2, -0.15) is 0 Å². The minimum Gasteiger partial charge on any atom is -0.508 e. The summed E-state index contributed by atoms with van der Waals surface area (Å²) in [6.45, 7) is 5.78. The predicted octanol–water partition coefficient (Wildman–Crippen LogP) is 6.91. The summed E-state index contributed by atoms with van der Waals surface area (Å²) in [6, 6.07) is 13.8. The second kappa shape index (κ2) is 16.0. The molecule has 0 saturated carbocycles. The van der Waals surface area contributed by atoms with E-state index in [4.69, 9.17) is 13.3 Å². The maximum Gasteiger partial charge on any atom is 0.705 e. The van der Waals surface area contributed by atoms with Crippen molar-refractivity contribution in [3.63, 3.8) is 0 Å². The molecular formula is C30H42O7Si. The van der Waals surface area contributed by atoms with Crippen LogP contribution in [0, 0.1) is 0 Å². The van der Waals surface area contributed by atoms with Crippen LogP contribution in [0.25, 0.3) is 11.1 Å². The Hall–Kier alpha value is -3.13. The summed E-state index contributed by atoms with van der Waals surface area (Å²) in [6.07, 6.45) is 11.0. The van der Waals surface area contributed by atoms with Gasteiger partial charge in [0.25, 0.3) is 17.9 Å². The third-order valence-electron chi connectivity index (χ3n) is 6.25. The molecule has 2 aromatic carbocycles. The van der Waals surface area contributed by atoms with Gasteiger partial charge < -0.3 is 18.4 Å². The third kappa shape index (κ3) is 11.1. The number of phenols is 1. The van der Waals surface area contributed by atoms with E-state index in [1.165, 1.54) is 71.3 Å². The smallest absolute Gasteiger partial charge is 0.508 e. The number of carbonyl (C=O) groups excluding carboxylic acids is 3. The maximum absolute atomic E-state index is 11.7. The Bertz CT molecular complexity index is 1010. The van der Waals surface area contributed by atoms with Gasteiger partial charge in [0.1, 0.15) is 5.75 Å². The molecule has 0 aliphatic rings. The van der Waals surface area contributed by atoms with Crippen LogP contribution in [-0.4, -0.2) is 31.8 Å². The van der Waals surface area contributed by atoms with Crippen LogP contribution in [0.15, 0.2) is 42.5 Å². The van der Waals surface area contributed by atoms with Crippen LogP contribution in [0.3, 0.4) is 0 Å². The first-order valence-electron chi connectivity index (χ1n) is 13.6. The Morgan fingerprint density at radius 2 is 1.26 bits per heavy atom. The van der Waals surface area contributed by atoms with Gasteiger partial charge in [0.2, 0.25) is 0 Å². The number of hydrogen-bond donors (Lipinski definition) is 1. The van der Waals surface area contributed by atoms with Crippen molar-refractivity contribution in [2.45, 2.75) is 97.9 Å². The van der Waals surface area contributed by atoms with Crippen molar-refractivity contribution in [3.8, 4) is 16.9 Å². The van der Waals surface area contributed by atoms with Gasteiger partial charge in [0.05, 0.1) is 6.04 Å².